The lowest BCUT2D eigenvalue weighted by molar-refractivity contribution is -0.104. The lowest BCUT2D eigenvalue weighted by atomic mass is 10.2. The first-order valence-corrected chi connectivity index (χ1v) is 4.61. The van der Waals surface area contributed by atoms with Crippen LogP contribution in [0.3, 0.4) is 0 Å². The average Bonchev–Trinajstić information content (AvgIpc) is 2.16. The Balaban J connectivity index is 2.90. The monoisotopic (exact) mass is 190 g/mol. The van der Waals surface area contributed by atoms with E-state index in [0.717, 1.165) is 17.6 Å². The van der Waals surface area contributed by atoms with Crippen molar-refractivity contribution in [3.63, 3.8) is 0 Å². The number of benzene rings is 1. The molecule has 74 valence electrons. The number of hydrogen-bond acceptors (Lipinski definition) is 2. The molecule has 0 unspecified atom stereocenters. The molecule has 0 aliphatic heterocycles. The maximum Gasteiger partial charge on any atom is 0.142 e. The summed E-state index contributed by atoms with van der Waals surface area (Å²) in [5.41, 5.74) is 0.924. The highest BCUT2D eigenvalue weighted by Gasteiger charge is 2.00. The minimum absolute atomic E-state index is 0.140. The smallest absolute Gasteiger partial charge is 0.142 e. The van der Waals surface area contributed by atoms with Crippen LogP contribution >= 0.6 is 0 Å². The fourth-order valence-corrected chi connectivity index (χ4v) is 1.12. The zero-order chi connectivity index (χ0) is 10.4. The Kier molecular flexibility index (Phi) is 3.92. The van der Waals surface area contributed by atoms with Crippen LogP contribution in [0.2, 0.25) is 0 Å². The van der Waals surface area contributed by atoms with Gasteiger partial charge in [-0.25, -0.2) is 0 Å². The van der Waals surface area contributed by atoms with Crippen molar-refractivity contribution in [2.24, 2.45) is 0 Å². The molecule has 0 N–H and O–H groups in total. The third-order valence-corrected chi connectivity index (χ3v) is 1.64. The number of aldehydes is 1. The number of hydrogen-bond donors (Lipinski definition) is 0. The fourth-order valence-electron chi connectivity index (χ4n) is 1.12. The Morgan fingerprint density at radius 2 is 2.00 bits per heavy atom. The Morgan fingerprint density at radius 1 is 1.29 bits per heavy atom. The summed E-state index contributed by atoms with van der Waals surface area (Å²) >= 11 is 0. The lowest BCUT2D eigenvalue weighted by Gasteiger charge is -2.11. The Hall–Kier alpha value is -1.57. The first-order valence-electron chi connectivity index (χ1n) is 4.61. The van der Waals surface area contributed by atoms with Crippen LogP contribution in [0.1, 0.15) is 19.4 Å². The van der Waals surface area contributed by atoms with E-state index in [0.29, 0.717) is 0 Å². The summed E-state index contributed by atoms with van der Waals surface area (Å²) < 4.78 is 5.58. The van der Waals surface area contributed by atoms with E-state index in [1.165, 1.54) is 6.08 Å². The zero-order valence-electron chi connectivity index (χ0n) is 8.44. The van der Waals surface area contributed by atoms with Gasteiger partial charge in [0.2, 0.25) is 0 Å². The van der Waals surface area contributed by atoms with Crippen LogP contribution < -0.4 is 4.74 Å². The predicted molar refractivity (Wildman–Crippen MR) is 57.3 cm³/mol. The molecule has 0 fully saturated rings. The SMILES string of the molecule is CC(C)Oc1ccccc1C=CC=O. The van der Waals surface area contributed by atoms with Crippen LogP contribution in [-0.4, -0.2) is 12.4 Å². The molecule has 0 saturated heterocycles. The van der Waals surface area contributed by atoms with Gasteiger partial charge in [-0.2, -0.15) is 0 Å². The van der Waals surface area contributed by atoms with Gasteiger partial charge in [-0.15, -0.1) is 0 Å². The largest absolute Gasteiger partial charge is 0.490 e. The molecule has 0 radical (unpaired) electrons. The molecule has 1 rings (SSSR count). The molecule has 0 amide bonds. The van der Waals surface area contributed by atoms with E-state index in [2.05, 4.69) is 0 Å². The van der Waals surface area contributed by atoms with E-state index in [1.807, 2.05) is 38.1 Å². The molecule has 1 aromatic carbocycles. The molecule has 14 heavy (non-hydrogen) atoms. The Labute approximate surface area is 84.2 Å². The van der Waals surface area contributed by atoms with Crippen molar-refractivity contribution in [2.45, 2.75) is 20.0 Å². The second-order valence-electron chi connectivity index (χ2n) is 3.20. The number of allylic oxidation sites excluding steroid dienone is 1. The normalized spacial score (nSPS) is 10.8. The standard InChI is InChI=1S/C12H14O2/c1-10(2)14-12-8-4-3-6-11(12)7-5-9-13/h3-10H,1-2H3. The maximum atomic E-state index is 10.2. The second-order valence-corrected chi connectivity index (χ2v) is 3.20. The molecule has 0 saturated carbocycles. The zero-order valence-corrected chi connectivity index (χ0v) is 8.44. The number of rotatable bonds is 4. The number of carbonyl (C=O) groups is 1. The van der Waals surface area contributed by atoms with Crippen LogP contribution in [0.4, 0.5) is 0 Å². The summed E-state index contributed by atoms with van der Waals surface area (Å²) in [4.78, 5) is 10.2. The van der Waals surface area contributed by atoms with Gasteiger partial charge >= 0.3 is 0 Å². The molecule has 0 atom stereocenters. The highest BCUT2D eigenvalue weighted by atomic mass is 16.5. The Bertz CT molecular complexity index is 327. The minimum atomic E-state index is 0.140. The third kappa shape index (κ3) is 3.05. The first-order chi connectivity index (χ1) is 6.74. The van der Waals surface area contributed by atoms with Gasteiger partial charge in [-0.1, -0.05) is 18.2 Å². The topological polar surface area (TPSA) is 26.3 Å². The molecular weight excluding hydrogens is 176 g/mol. The van der Waals surface area contributed by atoms with Gasteiger partial charge in [0.25, 0.3) is 0 Å². The van der Waals surface area contributed by atoms with Crippen molar-refractivity contribution in [3.05, 3.63) is 35.9 Å². The van der Waals surface area contributed by atoms with E-state index < -0.39 is 0 Å². The van der Waals surface area contributed by atoms with Crippen LogP contribution in [0.15, 0.2) is 30.3 Å². The summed E-state index contributed by atoms with van der Waals surface area (Å²) in [6.45, 7) is 3.94. The summed E-state index contributed by atoms with van der Waals surface area (Å²) in [5, 5.41) is 0. The van der Waals surface area contributed by atoms with Crippen LogP contribution in [0, 0.1) is 0 Å². The molecular formula is C12H14O2. The fraction of sp³-hybridized carbons (Fsp3) is 0.250. The number of para-hydroxylation sites is 1. The van der Waals surface area contributed by atoms with Crippen molar-refractivity contribution >= 4 is 12.4 Å². The van der Waals surface area contributed by atoms with Crippen LogP contribution in [0.25, 0.3) is 6.08 Å². The van der Waals surface area contributed by atoms with Gasteiger partial charge in [-0.3, -0.25) is 4.79 Å². The van der Waals surface area contributed by atoms with Gasteiger partial charge < -0.3 is 4.74 Å². The van der Waals surface area contributed by atoms with Gasteiger partial charge in [0.15, 0.2) is 0 Å². The molecule has 0 heterocycles. The summed E-state index contributed by atoms with van der Waals surface area (Å²) in [7, 11) is 0. The minimum Gasteiger partial charge on any atom is -0.490 e. The van der Waals surface area contributed by atoms with Gasteiger partial charge in [0.05, 0.1) is 6.10 Å². The third-order valence-electron chi connectivity index (χ3n) is 1.64. The molecule has 1 aromatic rings. The molecule has 0 spiro atoms. The van der Waals surface area contributed by atoms with Gasteiger partial charge in [0, 0.05) is 5.56 Å². The van der Waals surface area contributed by atoms with E-state index in [4.69, 9.17) is 4.74 Å². The predicted octanol–water partition coefficient (Wildman–Crippen LogP) is 2.69. The highest BCUT2D eigenvalue weighted by molar-refractivity contribution is 5.75. The van der Waals surface area contributed by atoms with Crippen LogP contribution in [0.5, 0.6) is 5.75 Å². The lowest BCUT2D eigenvalue weighted by Crippen LogP contribution is -2.06. The van der Waals surface area contributed by atoms with E-state index in [9.17, 15) is 4.79 Å². The van der Waals surface area contributed by atoms with E-state index in [-0.39, 0.29) is 6.10 Å². The van der Waals surface area contributed by atoms with E-state index >= 15 is 0 Å². The molecule has 2 nitrogen and oxygen atoms in total. The summed E-state index contributed by atoms with van der Waals surface area (Å²) in [6.07, 6.45) is 4.10. The highest BCUT2D eigenvalue weighted by Crippen LogP contribution is 2.20. The van der Waals surface area contributed by atoms with Crippen molar-refractivity contribution in [2.75, 3.05) is 0 Å². The molecule has 2 heteroatoms. The first kappa shape index (κ1) is 10.5. The average molecular weight is 190 g/mol. The summed E-state index contributed by atoms with van der Waals surface area (Å²) in [5.74, 6) is 0.806. The summed E-state index contributed by atoms with van der Waals surface area (Å²) in [6, 6.07) is 7.63. The molecule has 0 aliphatic rings. The Morgan fingerprint density at radius 3 is 2.64 bits per heavy atom. The second kappa shape index (κ2) is 5.22. The van der Waals surface area contributed by atoms with Gasteiger partial charge in [0.1, 0.15) is 12.0 Å². The van der Waals surface area contributed by atoms with Crippen molar-refractivity contribution in [1.29, 1.82) is 0 Å². The quantitative estimate of drug-likeness (QED) is 0.539. The van der Waals surface area contributed by atoms with E-state index in [1.54, 1.807) is 6.08 Å². The molecule has 0 bridgehead atoms. The van der Waals surface area contributed by atoms with Crippen LogP contribution in [-0.2, 0) is 4.79 Å². The number of carbonyl (C=O) groups excluding carboxylic acids is 1. The maximum absolute atomic E-state index is 10.2. The molecule has 0 aromatic heterocycles. The van der Waals surface area contributed by atoms with Crippen molar-refractivity contribution in [3.8, 4) is 5.75 Å². The van der Waals surface area contributed by atoms with Crippen molar-refractivity contribution < 1.29 is 9.53 Å². The molecule has 0 aliphatic carbocycles. The van der Waals surface area contributed by atoms with Crippen molar-refractivity contribution in [1.82, 2.24) is 0 Å². The van der Waals surface area contributed by atoms with Gasteiger partial charge in [-0.05, 0) is 32.1 Å². The number of ether oxygens (including phenoxy) is 1.